The van der Waals surface area contributed by atoms with Crippen LogP contribution in [0.3, 0.4) is 0 Å². The minimum atomic E-state index is -0.149. The van der Waals surface area contributed by atoms with E-state index in [1.807, 2.05) is 37.3 Å². The van der Waals surface area contributed by atoms with Gasteiger partial charge in [0, 0.05) is 24.5 Å². The van der Waals surface area contributed by atoms with Crippen LogP contribution in [0.4, 0.5) is 11.4 Å². The van der Waals surface area contributed by atoms with Gasteiger partial charge in [0.1, 0.15) is 5.75 Å². The van der Waals surface area contributed by atoms with Crippen molar-refractivity contribution in [2.75, 3.05) is 29.9 Å². The van der Waals surface area contributed by atoms with E-state index in [9.17, 15) is 4.79 Å². The van der Waals surface area contributed by atoms with Gasteiger partial charge < -0.3 is 15.0 Å². The van der Waals surface area contributed by atoms with Crippen LogP contribution in [0.25, 0.3) is 0 Å². The van der Waals surface area contributed by atoms with E-state index in [2.05, 4.69) is 29.3 Å². The van der Waals surface area contributed by atoms with Gasteiger partial charge in [-0.25, -0.2) is 0 Å². The lowest BCUT2D eigenvalue weighted by Crippen LogP contribution is -2.29. The molecular formula is C21H26N2O2. The second-order valence-electron chi connectivity index (χ2n) is 6.68. The normalized spacial score (nSPS) is 14.2. The number of carbonyl (C=O) groups excluding carboxylic acids is 1. The first-order valence-corrected chi connectivity index (χ1v) is 8.97. The Morgan fingerprint density at radius 2 is 1.72 bits per heavy atom. The van der Waals surface area contributed by atoms with Crippen molar-refractivity contribution in [2.45, 2.75) is 33.1 Å². The van der Waals surface area contributed by atoms with Crippen molar-refractivity contribution in [3.05, 3.63) is 53.6 Å². The average molecular weight is 338 g/mol. The number of hydrogen-bond acceptors (Lipinski definition) is 3. The molecule has 1 aliphatic heterocycles. The zero-order valence-corrected chi connectivity index (χ0v) is 15.0. The van der Waals surface area contributed by atoms with Crippen molar-refractivity contribution < 1.29 is 9.53 Å². The molecule has 25 heavy (non-hydrogen) atoms. The molecule has 4 heteroatoms. The summed E-state index contributed by atoms with van der Waals surface area (Å²) < 4.78 is 5.57. The third-order valence-electron chi connectivity index (χ3n) is 4.72. The van der Waals surface area contributed by atoms with E-state index in [-0.39, 0.29) is 12.5 Å². The number of nitrogens with zero attached hydrogens (tertiary/aromatic N) is 1. The van der Waals surface area contributed by atoms with E-state index >= 15 is 0 Å². The highest BCUT2D eigenvalue weighted by atomic mass is 16.5. The van der Waals surface area contributed by atoms with Crippen LogP contribution >= 0.6 is 0 Å². The van der Waals surface area contributed by atoms with E-state index in [4.69, 9.17) is 4.74 Å². The molecule has 0 saturated carbocycles. The Kier molecular flexibility index (Phi) is 5.59. The van der Waals surface area contributed by atoms with Crippen molar-refractivity contribution in [3.63, 3.8) is 0 Å². The maximum Gasteiger partial charge on any atom is 0.262 e. The third kappa shape index (κ3) is 4.75. The fourth-order valence-electron chi connectivity index (χ4n) is 3.06. The van der Waals surface area contributed by atoms with Crippen LogP contribution in [0.5, 0.6) is 5.75 Å². The number of carbonyl (C=O) groups is 1. The molecule has 0 aromatic heterocycles. The van der Waals surface area contributed by atoms with Gasteiger partial charge in [-0.3, -0.25) is 4.79 Å². The number of ether oxygens (including phenoxy) is 1. The lowest BCUT2D eigenvalue weighted by Gasteiger charge is -2.28. The number of anilines is 2. The molecule has 0 aliphatic carbocycles. The van der Waals surface area contributed by atoms with Crippen molar-refractivity contribution in [1.82, 2.24) is 0 Å². The number of nitrogens with one attached hydrogen (secondary N) is 1. The number of amides is 1. The Hall–Kier alpha value is -2.49. The van der Waals surface area contributed by atoms with Crippen LogP contribution in [0.15, 0.2) is 42.5 Å². The van der Waals surface area contributed by atoms with E-state index in [0.29, 0.717) is 0 Å². The summed E-state index contributed by atoms with van der Waals surface area (Å²) in [5, 5.41) is 2.89. The predicted molar refractivity (Wildman–Crippen MR) is 103 cm³/mol. The molecule has 0 bridgehead atoms. The molecule has 0 radical (unpaired) electrons. The Morgan fingerprint density at radius 1 is 1.00 bits per heavy atom. The third-order valence-corrected chi connectivity index (χ3v) is 4.72. The van der Waals surface area contributed by atoms with Crippen LogP contribution < -0.4 is 15.0 Å². The standard InChI is InChI=1S/C21H26N2O2/c1-16-6-11-20(14-17(16)2)25-15-21(24)22-18-7-9-19(10-8-18)23-12-4-3-5-13-23/h6-11,14H,3-5,12-13,15H2,1-2H3,(H,22,24). The van der Waals surface area contributed by atoms with Gasteiger partial charge in [0.15, 0.2) is 6.61 Å². The minimum Gasteiger partial charge on any atom is -0.484 e. The van der Waals surface area contributed by atoms with E-state index in [1.165, 1.54) is 30.5 Å². The summed E-state index contributed by atoms with van der Waals surface area (Å²) in [4.78, 5) is 14.5. The van der Waals surface area contributed by atoms with Gasteiger partial charge in [-0.2, -0.15) is 0 Å². The highest BCUT2D eigenvalue weighted by molar-refractivity contribution is 5.92. The number of hydrogen-bond donors (Lipinski definition) is 1. The lowest BCUT2D eigenvalue weighted by atomic mass is 10.1. The molecule has 2 aromatic carbocycles. The molecule has 1 aliphatic rings. The molecular weight excluding hydrogens is 312 g/mol. The molecule has 0 spiro atoms. The molecule has 0 atom stereocenters. The average Bonchev–Trinajstić information content (AvgIpc) is 2.64. The lowest BCUT2D eigenvalue weighted by molar-refractivity contribution is -0.118. The molecule has 4 nitrogen and oxygen atoms in total. The molecule has 1 N–H and O–H groups in total. The first kappa shape index (κ1) is 17.3. The molecule has 1 saturated heterocycles. The van der Waals surface area contributed by atoms with Gasteiger partial charge in [0.25, 0.3) is 5.91 Å². The quantitative estimate of drug-likeness (QED) is 0.883. The van der Waals surface area contributed by atoms with Gasteiger partial charge in [-0.1, -0.05) is 6.07 Å². The largest absolute Gasteiger partial charge is 0.484 e. The molecule has 132 valence electrons. The van der Waals surface area contributed by atoms with Gasteiger partial charge in [-0.05, 0) is 80.6 Å². The highest BCUT2D eigenvalue weighted by Gasteiger charge is 2.11. The summed E-state index contributed by atoms with van der Waals surface area (Å²) in [5.74, 6) is 0.572. The zero-order chi connectivity index (χ0) is 17.6. The SMILES string of the molecule is Cc1ccc(OCC(=O)Nc2ccc(N3CCCCC3)cc2)cc1C. The number of benzene rings is 2. The zero-order valence-electron chi connectivity index (χ0n) is 15.0. The van der Waals surface area contributed by atoms with Crippen LogP contribution in [0.1, 0.15) is 30.4 Å². The number of piperidine rings is 1. The Balaban J connectivity index is 1.51. The topological polar surface area (TPSA) is 41.6 Å². The van der Waals surface area contributed by atoms with Crippen molar-refractivity contribution in [1.29, 1.82) is 0 Å². The van der Waals surface area contributed by atoms with Gasteiger partial charge in [0.2, 0.25) is 0 Å². The van der Waals surface area contributed by atoms with E-state index in [0.717, 1.165) is 30.1 Å². The van der Waals surface area contributed by atoms with Crippen LogP contribution in [0.2, 0.25) is 0 Å². The van der Waals surface area contributed by atoms with Gasteiger partial charge in [0.05, 0.1) is 0 Å². The van der Waals surface area contributed by atoms with Gasteiger partial charge >= 0.3 is 0 Å². The number of aryl methyl sites for hydroxylation is 2. The fourth-order valence-corrected chi connectivity index (χ4v) is 3.06. The minimum absolute atomic E-state index is 0.0103. The number of rotatable bonds is 5. The summed E-state index contributed by atoms with van der Waals surface area (Å²) in [7, 11) is 0. The van der Waals surface area contributed by atoms with Crippen molar-refractivity contribution >= 4 is 17.3 Å². The van der Waals surface area contributed by atoms with Crippen LogP contribution in [-0.4, -0.2) is 25.6 Å². The van der Waals surface area contributed by atoms with E-state index < -0.39 is 0 Å². The summed E-state index contributed by atoms with van der Waals surface area (Å²) in [6.45, 7) is 6.34. The molecule has 3 rings (SSSR count). The second-order valence-corrected chi connectivity index (χ2v) is 6.68. The maximum atomic E-state index is 12.1. The molecule has 1 fully saturated rings. The smallest absolute Gasteiger partial charge is 0.262 e. The van der Waals surface area contributed by atoms with Crippen molar-refractivity contribution in [3.8, 4) is 5.75 Å². The first-order valence-electron chi connectivity index (χ1n) is 8.97. The molecule has 1 heterocycles. The summed E-state index contributed by atoms with van der Waals surface area (Å²) in [6, 6.07) is 13.9. The predicted octanol–water partition coefficient (Wildman–Crippen LogP) is 4.31. The second kappa shape index (κ2) is 8.06. The summed E-state index contributed by atoms with van der Waals surface area (Å²) in [6.07, 6.45) is 3.84. The monoisotopic (exact) mass is 338 g/mol. The Morgan fingerprint density at radius 3 is 2.40 bits per heavy atom. The van der Waals surface area contributed by atoms with Crippen molar-refractivity contribution in [2.24, 2.45) is 0 Å². The van der Waals surface area contributed by atoms with Crippen LogP contribution in [0, 0.1) is 13.8 Å². The fraction of sp³-hybridized carbons (Fsp3) is 0.381. The summed E-state index contributed by atoms with van der Waals surface area (Å²) >= 11 is 0. The maximum absolute atomic E-state index is 12.1. The molecule has 1 amide bonds. The van der Waals surface area contributed by atoms with Crippen LogP contribution in [-0.2, 0) is 4.79 Å². The van der Waals surface area contributed by atoms with E-state index in [1.54, 1.807) is 0 Å². The molecule has 0 unspecified atom stereocenters. The summed E-state index contributed by atoms with van der Waals surface area (Å²) in [5.41, 5.74) is 4.40. The first-order chi connectivity index (χ1) is 12.1. The van der Waals surface area contributed by atoms with Gasteiger partial charge in [-0.15, -0.1) is 0 Å². The Bertz CT molecular complexity index is 719. The Labute approximate surface area is 149 Å². The molecule has 2 aromatic rings. The highest BCUT2D eigenvalue weighted by Crippen LogP contribution is 2.22.